The van der Waals surface area contributed by atoms with Crippen LogP contribution in [0.3, 0.4) is 0 Å². The lowest BCUT2D eigenvalue weighted by molar-refractivity contribution is -0.100. The van der Waals surface area contributed by atoms with Gasteiger partial charge in [-0.1, -0.05) is 0 Å². The highest BCUT2D eigenvalue weighted by molar-refractivity contribution is 5.80. The second-order valence-corrected chi connectivity index (χ2v) is 2.84. The summed E-state index contributed by atoms with van der Waals surface area (Å²) in [6.07, 6.45) is -3.77. The largest absolute Gasteiger partial charge is 0.417 e. The zero-order valence-electron chi connectivity index (χ0n) is 6.81. The van der Waals surface area contributed by atoms with E-state index < -0.39 is 17.4 Å². The highest BCUT2D eigenvalue weighted by atomic mass is 19.4. The number of hydrogen-bond acceptors (Lipinski definition) is 4. The summed E-state index contributed by atoms with van der Waals surface area (Å²) in [5, 5.41) is 2.16. The molecule has 0 bridgehead atoms. The van der Waals surface area contributed by atoms with Gasteiger partial charge in [-0.2, -0.15) is 13.2 Å². The predicted molar refractivity (Wildman–Crippen MR) is 41.5 cm³/mol. The maximum Gasteiger partial charge on any atom is 0.417 e. The van der Waals surface area contributed by atoms with Crippen LogP contribution in [0.2, 0.25) is 0 Å². The van der Waals surface area contributed by atoms with Crippen LogP contribution in [0.1, 0.15) is 6.92 Å². The van der Waals surface area contributed by atoms with Gasteiger partial charge in [0.05, 0.1) is 5.57 Å². The van der Waals surface area contributed by atoms with E-state index in [0.717, 1.165) is 13.1 Å². The van der Waals surface area contributed by atoms with E-state index >= 15 is 0 Å². The van der Waals surface area contributed by atoms with Crippen molar-refractivity contribution in [1.29, 1.82) is 0 Å². The number of nitrogens with two attached hydrogens (primary N) is 2. The van der Waals surface area contributed by atoms with E-state index in [2.05, 4.69) is 10.3 Å². The molecule has 0 spiro atoms. The predicted octanol–water partition coefficient (Wildman–Crippen LogP) is 0.0254. The summed E-state index contributed by atoms with van der Waals surface area (Å²) >= 11 is 0. The Hall–Kier alpha value is -1.24. The van der Waals surface area contributed by atoms with Crippen molar-refractivity contribution in [3.05, 3.63) is 11.8 Å². The minimum Gasteiger partial charge on any atom is -0.370 e. The summed E-state index contributed by atoms with van der Waals surface area (Å²) in [5.41, 5.74) is 7.70. The smallest absolute Gasteiger partial charge is 0.370 e. The number of rotatable bonds is 0. The van der Waals surface area contributed by atoms with Crippen molar-refractivity contribution in [2.24, 2.45) is 16.5 Å². The van der Waals surface area contributed by atoms with Gasteiger partial charge in [0, 0.05) is 6.20 Å². The molecule has 74 valence electrons. The van der Waals surface area contributed by atoms with Crippen molar-refractivity contribution in [1.82, 2.24) is 5.32 Å². The summed E-state index contributed by atoms with van der Waals surface area (Å²) in [7, 11) is 0. The summed E-state index contributed by atoms with van der Waals surface area (Å²) in [6, 6.07) is 0. The third kappa shape index (κ3) is 1.92. The molecular formula is C6H9F3N4. The fourth-order valence-corrected chi connectivity index (χ4v) is 1.00. The molecule has 0 saturated heterocycles. The summed E-state index contributed by atoms with van der Waals surface area (Å²) in [4.78, 5) is 3.44. The van der Waals surface area contributed by atoms with Crippen LogP contribution in [0.25, 0.3) is 0 Å². The fourth-order valence-electron chi connectivity index (χ4n) is 1.00. The molecule has 13 heavy (non-hydrogen) atoms. The topological polar surface area (TPSA) is 76.4 Å². The van der Waals surface area contributed by atoms with Crippen molar-refractivity contribution in [2.75, 3.05) is 0 Å². The Morgan fingerprint density at radius 1 is 1.54 bits per heavy atom. The molecule has 1 aliphatic rings. The lowest BCUT2D eigenvalue weighted by Gasteiger charge is -2.28. The molecule has 1 heterocycles. The molecule has 0 saturated carbocycles. The Morgan fingerprint density at radius 3 is 2.46 bits per heavy atom. The summed E-state index contributed by atoms with van der Waals surface area (Å²) in [5.74, 6) is -0.127. The van der Waals surface area contributed by atoms with E-state index in [0.29, 0.717) is 0 Å². The second kappa shape index (κ2) is 2.63. The van der Waals surface area contributed by atoms with Crippen molar-refractivity contribution in [3.8, 4) is 0 Å². The van der Waals surface area contributed by atoms with E-state index in [9.17, 15) is 13.2 Å². The van der Waals surface area contributed by atoms with E-state index in [1.165, 1.54) is 0 Å². The second-order valence-electron chi connectivity index (χ2n) is 2.84. The van der Waals surface area contributed by atoms with E-state index in [1.54, 1.807) is 0 Å². The van der Waals surface area contributed by atoms with Gasteiger partial charge >= 0.3 is 6.18 Å². The van der Waals surface area contributed by atoms with Gasteiger partial charge < -0.3 is 16.8 Å². The molecule has 0 aromatic rings. The van der Waals surface area contributed by atoms with Gasteiger partial charge in [-0.05, 0) is 6.92 Å². The SMILES string of the molecule is CC1(N)N=C(N)NC=C1C(F)(F)F. The molecule has 1 rings (SSSR count). The first kappa shape index (κ1) is 9.85. The highest BCUT2D eigenvalue weighted by Gasteiger charge is 2.45. The number of guanidine groups is 1. The third-order valence-corrected chi connectivity index (χ3v) is 1.57. The van der Waals surface area contributed by atoms with Gasteiger partial charge in [-0.15, -0.1) is 0 Å². The van der Waals surface area contributed by atoms with E-state index in [4.69, 9.17) is 11.5 Å². The van der Waals surface area contributed by atoms with Crippen molar-refractivity contribution in [3.63, 3.8) is 0 Å². The third-order valence-electron chi connectivity index (χ3n) is 1.57. The summed E-state index contributed by atoms with van der Waals surface area (Å²) < 4.78 is 36.8. The van der Waals surface area contributed by atoms with Gasteiger partial charge in [0.15, 0.2) is 5.96 Å². The van der Waals surface area contributed by atoms with Crippen LogP contribution in [0, 0.1) is 0 Å². The molecular weight excluding hydrogens is 185 g/mol. The maximum atomic E-state index is 12.3. The van der Waals surface area contributed by atoms with Crippen molar-refractivity contribution >= 4 is 5.96 Å². The lowest BCUT2D eigenvalue weighted by atomic mass is 10.0. The van der Waals surface area contributed by atoms with Crippen LogP contribution in [0.4, 0.5) is 13.2 Å². The standard InChI is InChI=1S/C6H9F3N4/c1-5(11)3(6(7,8)9)2-12-4(10)13-5/h2H,11H2,1H3,(H3,10,12,13). The fraction of sp³-hybridized carbons (Fsp3) is 0.500. The average molecular weight is 194 g/mol. The molecule has 0 radical (unpaired) electrons. The van der Waals surface area contributed by atoms with E-state index in [-0.39, 0.29) is 5.96 Å². The van der Waals surface area contributed by atoms with Crippen LogP contribution in [-0.2, 0) is 0 Å². The van der Waals surface area contributed by atoms with Gasteiger partial charge in [-0.3, -0.25) is 0 Å². The quantitative estimate of drug-likeness (QED) is 0.509. The normalized spacial score (nSPS) is 29.0. The molecule has 1 atom stereocenters. The molecule has 0 amide bonds. The van der Waals surface area contributed by atoms with Gasteiger partial charge in [-0.25, -0.2) is 4.99 Å². The van der Waals surface area contributed by atoms with Crippen molar-refractivity contribution in [2.45, 2.75) is 18.8 Å². The molecule has 0 fully saturated rings. The molecule has 0 aliphatic carbocycles. The minimum absolute atomic E-state index is 0.127. The molecule has 1 aliphatic heterocycles. The number of aliphatic imine (C=N–C) groups is 1. The number of halogens is 3. The van der Waals surface area contributed by atoms with Crippen LogP contribution >= 0.6 is 0 Å². The first-order chi connectivity index (χ1) is 5.73. The Labute approximate surface area is 72.5 Å². The maximum absolute atomic E-state index is 12.3. The number of hydrogen-bond donors (Lipinski definition) is 3. The minimum atomic E-state index is -4.50. The van der Waals surface area contributed by atoms with Crippen LogP contribution in [-0.4, -0.2) is 17.8 Å². The zero-order chi connectivity index (χ0) is 10.3. The Balaban J connectivity index is 3.03. The van der Waals surface area contributed by atoms with Crippen LogP contribution < -0.4 is 16.8 Å². The van der Waals surface area contributed by atoms with Crippen LogP contribution in [0.5, 0.6) is 0 Å². The molecule has 5 N–H and O–H groups in total. The zero-order valence-corrected chi connectivity index (χ0v) is 6.81. The average Bonchev–Trinajstić information content (AvgIpc) is 1.79. The number of alkyl halides is 3. The molecule has 7 heteroatoms. The highest BCUT2D eigenvalue weighted by Crippen LogP contribution is 2.33. The van der Waals surface area contributed by atoms with Gasteiger partial charge in [0.25, 0.3) is 0 Å². The van der Waals surface area contributed by atoms with Crippen LogP contribution in [0.15, 0.2) is 16.8 Å². The van der Waals surface area contributed by atoms with Gasteiger partial charge in [0.1, 0.15) is 5.66 Å². The number of nitrogens with zero attached hydrogens (tertiary/aromatic N) is 1. The summed E-state index contributed by atoms with van der Waals surface area (Å²) in [6.45, 7) is 1.14. The number of nitrogens with one attached hydrogen (secondary N) is 1. The Morgan fingerprint density at radius 2 is 2.08 bits per heavy atom. The van der Waals surface area contributed by atoms with Gasteiger partial charge in [0.2, 0.25) is 0 Å². The molecule has 4 nitrogen and oxygen atoms in total. The first-order valence-electron chi connectivity index (χ1n) is 3.42. The lowest BCUT2D eigenvalue weighted by Crippen LogP contribution is -2.49. The Bertz CT molecular complexity index is 276. The first-order valence-corrected chi connectivity index (χ1v) is 3.42. The molecule has 0 aromatic carbocycles. The molecule has 0 aromatic heterocycles. The van der Waals surface area contributed by atoms with E-state index in [1.807, 2.05) is 0 Å². The monoisotopic (exact) mass is 194 g/mol. The Kier molecular flexibility index (Phi) is 1.99. The molecule has 1 unspecified atom stereocenters. The van der Waals surface area contributed by atoms with Crippen molar-refractivity contribution < 1.29 is 13.2 Å².